The van der Waals surface area contributed by atoms with Gasteiger partial charge in [-0.3, -0.25) is 20.4 Å². The van der Waals surface area contributed by atoms with Crippen LogP contribution in [0.3, 0.4) is 0 Å². The van der Waals surface area contributed by atoms with Crippen LogP contribution in [0, 0.1) is 0 Å². The van der Waals surface area contributed by atoms with E-state index in [0.29, 0.717) is 85.3 Å². The molecule has 72 heavy (non-hydrogen) atoms. The highest BCUT2D eigenvalue weighted by molar-refractivity contribution is 6.00. The number of nitrogens with one attached hydrogen (secondary N) is 2. The number of carbonyl (C=O) groups excluding carboxylic acids is 2. The van der Waals surface area contributed by atoms with E-state index in [1.54, 1.807) is 24.3 Å². The molecule has 0 aliphatic heterocycles. The lowest BCUT2D eigenvalue weighted by Crippen LogP contribution is -2.41. The minimum Gasteiger partial charge on any atom is -0.490 e. The second kappa shape index (κ2) is 45.8. The maximum atomic E-state index is 14.1. The molecule has 2 N–H and O–H groups in total. The molecular weight excluding hydrogens is 901 g/mol. The van der Waals surface area contributed by atoms with Crippen molar-refractivity contribution in [3.8, 4) is 34.5 Å². The summed E-state index contributed by atoms with van der Waals surface area (Å²) in [4.78, 5) is 28.3. The van der Waals surface area contributed by atoms with Crippen molar-refractivity contribution in [3.05, 3.63) is 35.4 Å². The van der Waals surface area contributed by atoms with Gasteiger partial charge < -0.3 is 28.4 Å². The molecule has 0 atom stereocenters. The van der Waals surface area contributed by atoms with Gasteiger partial charge in [0, 0.05) is 11.1 Å². The number of unbranched alkanes of at least 4 members (excludes halogenated alkanes) is 30. The van der Waals surface area contributed by atoms with Gasteiger partial charge in [-0.1, -0.05) is 234 Å². The van der Waals surface area contributed by atoms with E-state index < -0.39 is 11.8 Å². The summed E-state index contributed by atoms with van der Waals surface area (Å²) < 4.78 is 38.8. The molecule has 0 aromatic heterocycles. The summed E-state index contributed by atoms with van der Waals surface area (Å²) in [6.45, 7) is 16.5. The van der Waals surface area contributed by atoms with Gasteiger partial charge in [0.15, 0.2) is 23.0 Å². The lowest BCUT2D eigenvalue weighted by atomic mass is 10.1. The summed E-state index contributed by atoms with van der Waals surface area (Å²) in [5, 5.41) is 0. The van der Waals surface area contributed by atoms with Crippen LogP contribution in [0.2, 0.25) is 0 Å². The fraction of sp³-hybridized carbons (Fsp3) is 0.774. The van der Waals surface area contributed by atoms with Crippen molar-refractivity contribution in [1.82, 2.24) is 10.9 Å². The first-order valence-electron chi connectivity index (χ1n) is 30.2. The Bertz CT molecular complexity index is 1420. The van der Waals surface area contributed by atoms with Crippen molar-refractivity contribution in [3.63, 3.8) is 0 Å². The van der Waals surface area contributed by atoms with E-state index in [0.717, 1.165) is 77.0 Å². The van der Waals surface area contributed by atoms with Gasteiger partial charge in [-0.15, -0.1) is 0 Å². The number of hydrogen-bond donors (Lipinski definition) is 2. The van der Waals surface area contributed by atoms with Gasteiger partial charge in [0.05, 0.1) is 39.6 Å². The quantitative estimate of drug-likeness (QED) is 0.0498. The fourth-order valence-corrected chi connectivity index (χ4v) is 8.76. The number of hydrogen-bond acceptors (Lipinski definition) is 8. The summed E-state index contributed by atoms with van der Waals surface area (Å²) in [6.07, 6.45) is 41.1. The summed E-state index contributed by atoms with van der Waals surface area (Å²) in [6, 6.07) is 6.91. The van der Waals surface area contributed by atoms with Crippen LogP contribution in [0.4, 0.5) is 0 Å². The van der Waals surface area contributed by atoms with Crippen molar-refractivity contribution in [2.45, 2.75) is 273 Å². The van der Waals surface area contributed by atoms with E-state index in [-0.39, 0.29) is 0 Å². The molecule has 2 amide bonds. The number of hydrazine groups is 1. The average molecular weight is 1010 g/mol. The van der Waals surface area contributed by atoms with Crippen LogP contribution < -0.4 is 39.3 Å². The van der Waals surface area contributed by atoms with Crippen molar-refractivity contribution >= 4 is 11.8 Å². The molecule has 10 heteroatoms. The van der Waals surface area contributed by atoms with Crippen molar-refractivity contribution < 1.29 is 38.0 Å². The molecule has 2 aromatic rings. The van der Waals surface area contributed by atoms with Crippen LogP contribution in [0.25, 0.3) is 0 Å². The molecule has 0 spiro atoms. The molecule has 414 valence electrons. The molecule has 2 rings (SSSR count). The van der Waals surface area contributed by atoms with Gasteiger partial charge in [-0.25, -0.2) is 0 Å². The highest BCUT2D eigenvalue weighted by Crippen LogP contribution is 2.41. The van der Waals surface area contributed by atoms with E-state index >= 15 is 0 Å². The molecule has 0 saturated carbocycles. The largest absolute Gasteiger partial charge is 0.490 e. The predicted octanol–water partition coefficient (Wildman–Crippen LogP) is 18.2. The van der Waals surface area contributed by atoms with Crippen molar-refractivity contribution in [1.29, 1.82) is 0 Å². The van der Waals surface area contributed by atoms with E-state index in [1.165, 1.54) is 154 Å². The van der Waals surface area contributed by atoms with Crippen LogP contribution in [0.15, 0.2) is 24.3 Å². The topological polar surface area (TPSA) is 114 Å². The monoisotopic (exact) mass is 1010 g/mol. The average Bonchev–Trinajstić information content (AvgIpc) is 3.39. The molecule has 2 aromatic carbocycles. The highest BCUT2D eigenvalue weighted by Gasteiger charge is 2.22. The molecule has 0 unspecified atom stereocenters. The number of ether oxygens (including phenoxy) is 6. The second-order valence-electron chi connectivity index (χ2n) is 20.2. The fourth-order valence-electron chi connectivity index (χ4n) is 8.76. The Kier molecular flexibility index (Phi) is 40.9. The molecule has 0 saturated heterocycles. The molecule has 0 fully saturated rings. The number of rotatable bonds is 50. The van der Waals surface area contributed by atoms with Crippen LogP contribution in [-0.4, -0.2) is 51.5 Å². The molecule has 0 aliphatic rings. The highest BCUT2D eigenvalue weighted by atomic mass is 16.5. The smallest absolute Gasteiger partial charge is 0.269 e. The standard InChI is InChI=1S/C62H108N2O8/c1-7-13-19-25-31-37-43-67-55-49-53(50-56(68-44-38-32-26-20-14-8-2)59(55)71-47-41-35-29-23-17-11-5)61(65)63-64-62(66)54-51-57(69-45-39-33-27-21-15-9-3)60(72-48-42-36-30-24-18-12-6)58(52-54)70-46-40-34-28-22-16-10-4/h49-52H,7-48H2,1-6H3,(H,63,65)(H,64,66). The van der Waals surface area contributed by atoms with E-state index in [2.05, 4.69) is 52.4 Å². The second-order valence-corrected chi connectivity index (χ2v) is 20.2. The van der Waals surface area contributed by atoms with Gasteiger partial charge in [0.1, 0.15) is 0 Å². The van der Waals surface area contributed by atoms with Gasteiger partial charge in [-0.2, -0.15) is 0 Å². The first-order chi connectivity index (χ1) is 35.4. The maximum Gasteiger partial charge on any atom is 0.269 e. The third-order valence-electron chi connectivity index (χ3n) is 13.4. The molecule has 0 radical (unpaired) electrons. The Morgan fingerprint density at radius 3 is 0.667 bits per heavy atom. The number of carbonyl (C=O) groups is 2. The first kappa shape index (κ1) is 64.3. The summed E-state index contributed by atoms with van der Waals surface area (Å²) in [5.41, 5.74) is 6.03. The third-order valence-corrected chi connectivity index (χ3v) is 13.4. The first-order valence-corrected chi connectivity index (χ1v) is 30.2. The predicted molar refractivity (Wildman–Crippen MR) is 301 cm³/mol. The lowest BCUT2D eigenvalue weighted by Gasteiger charge is -2.20. The van der Waals surface area contributed by atoms with Gasteiger partial charge in [-0.05, 0) is 62.8 Å². The van der Waals surface area contributed by atoms with E-state index in [4.69, 9.17) is 28.4 Å². The van der Waals surface area contributed by atoms with Crippen LogP contribution in [0.5, 0.6) is 34.5 Å². The molecule has 10 nitrogen and oxygen atoms in total. The molecule has 0 aliphatic carbocycles. The Balaban J connectivity index is 2.43. The van der Waals surface area contributed by atoms with Gasteiger partial charge in [0.2, 0.25) is 11.5 Å². The molecule has 0 heterocycles. The normalized spacial score (nSPS) is 11.1. The van der Waals surface area contributed by atoms with Crippen LogP contribution >= 0.6 is 0 Å². The summed E-state index contributed by atoms with van der Waals surface area (Å²) in [7, 11) is 0. The van der Waals surface area contributed by atoms with Gasteiger partial charge in [0.25, 0.3) is 11.8 Å². The Hall–Kier alpha value is -3.82. The Labute approximate surface area is 441 Å². The van der Waals surface area contributed by atoms with Crippen LogP contribution in [0.1, 0.15) is 293 Å². The van der Waals surface area contributed by atoms with E-state index in [9.17, 15) is 9.59 Å². The minimum atomic E-state index is -0.488. The summed E-state index contributed by atoms with van der Waals surface area (Å²) >= 11 is 0. The molecule has 0 bridgehead atoms. The number of amides is 2. The zero-order valence-corrected chi connectivity index (χ0v) is 47.3. The van der Waals surface area contributed by atoms with Crippen molar-refractivity contribution in [2.75, 3.05) is 39.6 Å². The molecular formula is C62H108N2O8. The third kappa shape index (κ3) is 31.0. The zero-order chi connectivity index (χ0) is 52.0. The Morgan fingerprint density at radius 2 is 0.458 bits per heavy atom. The SMILES string of the molecule is CCCCCCCCOc1cc(C(=O)NNC(=O)c2cc(OCCCCCCCC)c(OCCCCCCCC)c(OCCCCCCCC)c2)cc(OCCCCCCCC)c1OCCCCCCCC. The minimum absolute atomic E-state index is 0.308. The van der Waals surface area contributed by atoms with Crippen LogP contribution in [-0.2, 0) is 0 Å². The van der Waals surface area contributed by atoms with Crippen molar-refractivity contribution in [2.24, 2.45) is 0 Å². The number of benzene rings is 2. The van der Waals surface area contributed by atoms with Gasteiger partial charge >= 0.3 is 0 Å². The Morgan fingerprint density at radius 1 is 0.278 bits per heavy atom. The maximum absolute atomic E-state index is 14.1. The zero-order valence-electron chi connectivity index (χ0n) is 47.3. The lowest BCUT2D eigenvalue weighted by molar-refractivity contribution is 0.0845. The van der Waals surface area contributed by atoms with E-state index in [1.807, 2.05) is 0 Å². The summed E-state index contributed by atoms with van der Waals surface area (Å²) in [5.74, 6) is 2.06.